The Labute approximate surface area is 157 Å². The van der Waals surface area contributed by atoms with E-state index >= 15 is 0 Å². The molecule has 0 aliphatic rings. The number of fused-ring (bicyclic) bond motifs is 1. The second kappa shape index (κ2) is 8.09. The maximum Gasteiger partial charge on any atom is 0.322 e. The predicted octanol–water partition coefficient (Wildman–Crippen LogP) is 2.75. The van der Waals surface area contributed by atoms with Crippen LogP contribution in [0.15, 0.2) is 42.5 Å². The van der Waals surface area contributed by atoms with Crippen molar-refractivity contribution in [2.24, 2.45) is 5.73 Å². The lowest BCUT2D eigenvalue weighted by atomic mass is 10.1. The highest BCUT2D eigenvalue weighted by atomic mass is 16.5. The van der Waals surface area contributed by atoms with Crippen LogP contribution >= 0.6 is 0 Å². The molecule has 0 fully saturated rings. The monoisotopic (exact) mass is 369 g/mol. The van der Waals surface area contributed by atoms with Gasteiger partial charge in [0.1, 0.15) is 23.4 Å². The van der Waals surface area contributed by atoms with Crippen LogP contribution in [-0.4, -0.2) is 36.2 Å². The number of nitrogens with zero attached hydrogens (tertiary/aromatic N) is 1. The Morgan fingerprint density at radius 2 is 1.85 bits per heavy atom. The number of rotatable bonds is 7. The van der Waals surface area contributed by atoms with Crippen LogP contribution in [0.2, 0.25) is 0 Å². The summed E-state index contributed by atoms with van der Waals surface area (Å²) in [5.41, 5.74) is 8.47. The molecular formula is C20H23N3O4. The van der Waals surface area contributed by atoms with Crippen molar-refractivity contribution in [2.45, 2.75) is 25.5 Å². The van der Waals surface area contributed by atoms with E-state index in [4.69, 9.17) is 15.2 Å². The van der Waals surface area contributed by atoms with Gasteiger partial charge in [0, 0.05) is 6.07 Å². The fraction of sp³-hybridized carbons (Fsp3) is 0.300. The molecule has 0 spiro atoms. The zero-order valence-electron chi connectivity index (χ0n) is 15.6. The summed E-state index contributed by atoms with van der Waals surface area (Å²) in [4.78, 5) is 19.2. The fourth-order valence-electron chi connectivity index (χ4n) is 2.78. The maximum absolute atomic E-state index is 11.4. The normalized spacial score (nSPS) is 13.2. The number of methoxy groups -OCH3 is 2. The topological polar surface area (TPSA) is 99.5 Å². The third-order valence-corrected chi connectivity index (χ3v) is 4.29. The molecule has 3 aromatic rings. The van der Waals surface area contributed by atoms with E-state index in [-0.39, 0.29) is 6.10 Å². The number of esters is 1. The van der Waals surface area contributed by atoms with Gasteiger partial charge >= 0.3 is 5.97 Å². The zero-order valence-corrected chi connectivity index (χ0v) is 15.6. The molecule has 2 atom stereocenters. The summed E-state index contributed by atoms with van der Waals surface area (Å²) in [6.45, 7) is 1.93. The number of imidazole rings is 1. The van der Waals surface area contributed by atoms with Gasteiger partial charge in [0.05, 0.1) is 25.3 Å². The van der Waals surface area contributed by atoms with Crippen LogP contribution in [0.5, 0.6) is 11.5 Å². The van der Waals surface area contributed by atoms with Gasteiger partial charge in [-0.1, -0.05) is 12.1 Å². The Kier molecular flexibility index (Phi) is 5.61. The summed E-state index contributed by atoms with van der Waals surface area (Å²) in [5, 5.41) is 0. The number of hydrogen-bond donors (Lipinski definition) is 2. The largest absolute Gasteiger partial charge is 0.497 e. The number of nitrogens with two attached hydrogens (primary N) is 1. The van der Waals surface area contributed by atoms with Gasteiger partial charge in [-0.05, 0) is 43.2 Å². The molecule has 0 aliphatic carbocycles. The van der Waals surface area contributed by atoms with Crippen molar-refractivity contribution in [1.29, 1.82) is 0 Å². The lowest BCUT2D eigenvalue weighted by Crippen LogP contribution is -2.33. The van der Waals surface area contributed by atoms with Crippen molar-refractivity contribution in [2.75, 3.05) is 14.2 Å². The minimum atomic E-state index is -0.673. The third kappa shape index (κ3) is 4.38. The molecule has 0 amide bonds. The first-order chi connectivity index (χ1) is 13.0. The van der Waals surface area contributed by atoms with Crippen LogP contribution in [0.3, 0.4) is 0 Å². The molecule has 0 saturated heterocycles. The number of carbonyl (C=O) groups is 1. The average molecular weight is 369 g/mol. The van der Waals surface area contributed by atoms with Crippen molar-refractivity contribution < 1.29 is 19.0 Å². The first kappa shape index (κ1) is 18.7. The van der Waals surface area contributed by atoms with Crippen molar-refractivity contribution in [3.8, 4) is 11.5 Å². The Hall–Kier alpha value is -3.06. The van der Waals surface area contributed by atoms with Crippen molar-refractivity contribution in [1.82, 2.24) is 9.97 Å². The van der Waals surface area contributed by atoms with Crippen LogP contribution < -0.4 is 15.2 Å². The predicted molar refractivity (Wildman–Crippen MR) is 102 cm³/mol. The van der Waals surface area contributed by atoms with Crippen molar-refractivity contribution in [3.63, 3.8) is 0 Å². The number of aromatic amines is 1. The van der Waals surface area contributed by atoms with E-state index in [1.165, 1.54) is 7.11 Å². The van der Waals surface area contributed by atoms with Crippen molar-refractivity contribution >= 4 is 17.0 Å². The number of hydrogen-bond acceptors (Lipinski definition) is 6. The second-order valence-electron chi connectivity index (χ2n) is 6.24. The molecule has 7 heteroatoms. The van der Waals surface area contributed by atoms with E-state index in [0.717, 1.165) is 28.2 Å². The number of aromatic nitrogens is 2. The molecule has 3 N–H and O–H groups in total. The van der Waals surface area contributed by atoms with Gasteiger partial charge in [-0.25, -0.2) is 4.98 Å². The summed E-state index contributed by atoms with van der Waals surface area (Å²) in [7, 11) is 2.96. The van der Waals surface area contributed by atoms with Crippen molar-refractivity contribution in [3.05, 3.63) is 53.9 Å². The van der Waals surface area contributed by atoms with Gasteiger partial charge < -0.3 is 24.9 Å². The molecule has 1 aromatic heterocycles. The van der Waals surface area contributed by atoms with E-state index < -0.39 is 12.0 Å². The number of benzene rings is 2. The molecule has 1 unspecified atom stereocenters. The van der Waals surface area contributed by atoms with Crippen LogP contribution in [-0.2, 0) is 16.0 Å². The summed E-state index contributed by atoms with van der Waals surface area (Å²) in [6.07, 6.45) is 0.153. The van der Waals surface area contributed by atoms with Gasteiger partial charge in [0.2, 0.25) is 0 Å². The highest BCUT2D eigenvalue weighted by Gasteiger charge is 2.15. The molecule has 27 heavy (non-hydrogen) atoms. The number of nitrogens with one attached hydrogen (secondary N) is 1. The Morgan fingerprint density at radius 1 is 1.15 bits per heavy atom. The Balaban J connectivity index is 1.67. The molecular weight excluding hydrogens is 346 g/mol. The van der Waals surface area contributed by atoms with E-state index in [2.05, 4.69) is 14.7 Å². The highest BCUT2D eigenvalue weighted by molar-refractivity contribution is 5.77. The average Bonchev–Trinajstić information content (AvgIpc) is 3.12. The molecule has 0 saturated carbocycles. The molecule has 3 rings (SSSR count). The summed E-state index contributed by atoms with van der Waals surface area (Å²) >= 11 is 0. The summed E-state index contributed by atoms with van der Waals surface area (Å²) in [6, 6.07) is 12.5. The fourth-order valence-corrected chi connectivity index (χ4v) is 2.78. The van der Waals surface area contributed by atoms with Crippen LogP contribution in [0.1, 0.15) is 24.4 Å². The second-order valence-corrected chi connectivity index (χ2v) is 6.24. The van der Waals surface area contributed by atoms with Gasteiger partial charge in [-0.3, -0.25) is 4.79 Å². The van der Waals surface area contributed by atoms with Gasteiger partial charge in [-0.15, -0.1) is 0 Å². The molecule has 1 heterocycles. The van der Waals surface area contributed by atoms with Gasteiger partial charge in [-0.2, -0.15) is 0 Å². The standard InChI is InChI=1S/C20H23N3O4/c1-12(19-22-17-9-8-15(25-2)11-18(17)23-19)27-14-6-4-13(5-7-14)10-16(21)20(24)26-3/h4-9,11-12,16H,10,21H2,1-3H3,(H,22,23)/t12?,16-/m0/s1. The van der Waals surface area contributed by atoms with Crippen LogP contribution in [0.4, 0.5) is 0 Å². The number of H-pyrrole nitrogens is 1. The van der Waals surface area contributed by atoms with Crippen LogP contribution in [0, 0.1) is 0 Å². The van der Waals surface area contributed by atoms with Gasteiger partial charge in [0.15, 0.2) is 6.10 Å². The van der Waals surface area contributed by atoms with E-state index in [1.54, 1.807) is 7.11 Å². The quantitative estimate of drug-likeness (QED) is 0.621. The van der Waals surface area contributed by atoms with Gasteiger partial charge in [0.25, 0.3) is 0 Å². The zero-order chi connectivity index (χ0) is 19.4. The molecule has 7 nitrogen and oxygen atoms in total. The lowest BCUT2D eigenvalue weighted by Gasteiger charge is -2.13. The molecule has 142 valence electrons. The number of ether oxygens (including phenoxy) is 3. The third-order valence-electron chi connectivity index (χ3n) is 4.29. The summed E-state index contributed by atoms with van der Waals surface area (Å²) < 4.78 is 15.8. The number of carbonyl (C=O) groups excluding carboxylic acids is 1. The van der Waals surface area contributed by atoms with E-state index in [0.29, 0.717) is 12.2 Å². The van der Waals surface area contributed by atoms with E-state index in [9.17, 15) is 4.79 Å². The Morgan fingerprint density at radius 3 is 2.52 bits per heavy atom. The lowest BCUT2D eigenvalue weighted by molar-refractivity contribution is -0.142. The maximum atomic E-state index is 11.4. The molecule has 0 bridgehead atoms. The SMILES string of the molecule is COC(=O)[C@@H](N)Cc1ccc(OC(C)c2nc3ccc(OC)cc3[nH]2)cc1. The minimum Gasteiger partial charge on any atom is -0.497 e. The molecule has 0 radical (unpaired) electrons. The highest BCUT2D eigenvalue weighted by Crippen LogP contribution is 2.24. The first-order valence-corrected chi connectivity index (χ1v) is 8.63. The summed E-state index contributed by atoms with van der Waals surface area (Å²) in [5.74, 6) is 1.78. The van der Waals surface area contributed by atoms with E-state index in [1.807, 2.05) is 49.4 Å². The minimum absolute atomic E-state index is 0.258. The first-order valence-electron chi connectivity index (χ1n) is 8.63. The molecule has 0 aliphatic heterocycles. The van der Waals surface area contributed by atoms with Crippen LogP contribution in [0.25, 0.3) is 11.0 Å². The smallest absolute Gasteiger partial charge is 0.322 e. The molecule has 2 aromatic carbocycles. The Bertz CT molecular complexity index is 921.